The van der Waals surface area contributed by atoms with Crippen LogP contribution in [0.4, 0.5) is 23.9 Å². The van der Waals surface area contributed by atoms with Crippen LogP contribution in [-0.2, 0) is 12.7 Å². The molecule has 2 atom stereocenters. The molecule has 1 aliphatic carbocycles. The van der Waals surface area contributed by atoms with Crippen molar-refractivity contribution in [3.8, 4) is 0 Å². The monoisotopic (exact) mass is 488 g/mol. The highest BCUT2D eigenvalue weighted by Crippen LogP contribution is 2.48. The predicted octanol–water partition coefficient (Wildman–Crippen LogP) is 3.77. The van der Waals surface area contributed by atoms with Crippen LogP contribution in [0.3, 0.4) is 0 Å². The highest BCUT2D eigenvalue weighted by Gasteiger charge is 2.52. The Balaban J connectivity index is 1.09. The first-order valence-electron chi connectivity index (χ1n) is 12.1. The van der Waals surface area contributed by atoms with Crippen LogP contribution in [0.5, 0.6) is 0 Å². The fourth-order valence-electron chi connectivity index (χ4n) is 5.97. The van der Waals surface area contributed by atoms with Gasteiger partial charge in [-0.25, -0.2) is 14.8 Å². The number of piperazine rings is 1. The molecular formula is C25H31F3N6O. The number of anilines is 1. The lowest BCUT2D eigenvalue weighted by molar-refractivity contribution is -0.138. The number of hydrogen-bond donors (Lipinski definition) is 1. The number of urea groups is 1. The number of carbonyl (C=O) groups excluding carboxylic acids is 1. The van der Waals surface area contributed by atoms with Crippen molar-refractivity contribution in [2.24, 2.45) is 5.41 Å². The molecule has 3 aliphatic rings. The van der Waals surface area contributed by atoms with E-state index >= 15 is 0 Å². The lowest BCUT2D eigenvalue weighted by atomic mass is 9.60. The van der Waals surface area contributed by atoms with E-state index in [9.17, 15) is 18.0 Å². The number of likely N-dealkylation sites (tertiary alicyclic amines) is 1. The fraction of sp³-hybridized carbons (Fsp3) is 0.560. The van der Waals surface area contributed by atoms with Gasteiger partial charge in [0, 0.05) is 63.2 Å². The number of aromatic nitrogens is 2. The van der Waals surface area contributed by atoms with Gasteiger partial charge in [0.2, 0.25) is 5.95 Å². The zero-order chi connectivity index (χ0) is 24.8. The smallest absolute Gasteiger partial charge is 0.337 e. The summed E-state index contributed by atoms with van der Waals surface area (Å²) in [6.07, 6.45) is -0.830. The average molecular weight is 489 g/mol. The lowest BCUT2D eigenvalue weighted by Crippen LogP contribution is -2.68. The summed E-state index contributed by atoms with van der Waals surface area (Å²) in [5, 5.41) is 3.21. The molecule has 10 heteroatoms. The second-order valence-electron chi connectivity index (χ2n) is 10.5. The molecule has 0 bridgehead atoms. The summed E-state index contributed by atoms with van der Waals surface area (Å²) in [5.41, 5.74) is 0.798. The van der Waals surface area contributed by atoms with E-state index in [-0.39, 0.29) is 30.1 Å². The van der Waals surface area contributed by atoms with Gasteiger partial charge in [0.1, 0.15) is 0 Å². The van der Waals surface area contributed by atoms with Crippen LogP contribution >= 0.6 is 0 Å². The zero-order valence-corrected chi connectivity index (χ0v) is 20.0. The minimum absolute atomic E-state index is 0.0710. The van der Waals surface area contributed by atoms with Gasteiger partial charge in [-0.05, 0) is 37.7 Å². The third kappa shape index (κ3) is 4.94. The number of halogens is 3. The Morgan fingerprint density at radius 3 is 2.23 bits per heavy atom. The van der Waals surface area contributed by atoms with Crippen LogP contribution in [0.1, 0.15) is 37.8 Å². The Kier molecular flexibility index (Phi) is 6.11. The van der Waals surface area contributed by atoms with Crippen molar-refractivity contribution in [2.45, 2.75) is 57.5 Å². The molecule has 1 aromatic carbocycles. The highest BCUT2D eigenvalue weighted by atomic mass is 19.4. The first-order chi connectivity index (χ1) is 16.6. The van der Waals surface area contributed by atoms with Crippen molar-refractivity contribution in [3.05, 3.63) is 53.9 Å². The van der Waals surface area contributed by atoms with Gasteiger partial charge in [-0.15, -0.1) is 0 Å². The molecule has 3 fully saturated rings. The maximum Gasteiger partial charge on any atom is 0.419 e. The van der Waals surface area contributed by atoms with Crippen molar-refractivity contribution < 1.29 is 18.0 Å². The summed E-state index contributed by atoms with van der Waals surface area (Å²) in [6.45, 7) is 7.95. The van der Waals surface area contributed by atoms with Crippen molar-refractivity contribution in [1.82, 2.24) is 25.1 Å². The van der Waals surface area contributed by atoms with Crippen LogP contribution < -0.4 is 10.2 Å². The van der Waals surface area contributed by atoms with Gasteiger partial charge < -0.3 is 15.1 Å². The van der Waals surface area contributed by atoms with Gasteiger partial charge in [-0.1, -0.05) is 30.3 Å². The van der Waals surface area contributed by atoms with Gasteiger partial charge in [0.25, 0.3) is 0 Å². The van der Waals surface area contributed by atoms with E-state index in [1.54, 1.807) is 0 Å². The molecule has 2 saturated heterocycles. The number of hydrogen-bond acceptors (Lipinski definition) is 5. The lowest BCUT2D eigenvalue weighted by Gasteiger charge is -2.59. The number of benzene rings is 1. The maximum absolute atomic E-state index is 13.1. The molecule has 0 unspecified atom stereocenters. The first-order valence-corrected chi connectivity index (χ1v) is 12.1. The normalized spacial score (nSPS) is 24.7. The Labute approximate surface area is 203 Å². The zero-order valence-electron chi connectivity index (χ0n) is 20.0. The molecule has 3 heterocycles. The van der Waals surface area contributed by atoms with Gasteiger partial charge >= 0.3 is 12.2 Å². The molecule has 2 aliphatic heterocycles. The molecule has 0 radical (unpaired) electrons. The molecule has 1 saturated carbocycles. The number of nitrogens with zero attached hydrogens (tertiary/aromatic N) is 5. The Morgan fingerprint density at radius 1 is 1.06 bits per heavy atom. The summed E-state index contributed by atoms with van der Waals surface area (Å²) < 4.78 is 38.4. The van der Waals surface area contributed by atoms with Crippen LogP contribution in [-0.4, -0.2) is 70.1 Å². The molecule has 188 valence electrons. The van der Waals surface area contributed by atoms with Crippen LogP contribution in [0.2, 0.25) is 0 Å². The average Bonchev–Trinajstić information content (AvgIpc) is 2.76. The molecular weight excluding hydrogens is 457 g/mol. The van der Waals surface area contributed by atoms with E-state index in [1.807, 2.05) is 29.7 Å². The standard InChI is InChI=1S/C25H31F3N6O/c1-17-12-33(22-29-10-20(11-30-22)25(26,27)28)13-18(2)34(17)23(35)31-21-8-24(9-21)15-32(16-24)14-19-6-4-3-5-7-19/h3-7,10-11,17-18,21H,8-9,12-16H2,1-2H3,(H,31,35)/t17-,18+. The summed E-state index contributed by atoms with van der Waals surface area (Å²) in [4.78, 5) is 27.0. The molecule has 5 rings (SSSR count). The largest absolute Gasteiger partial charge is 0.419 e. The minimum Gasteiger partial charge on any atom is -0.337 e. The van der Waals surface area contributed by atoms with Gasteiger partial charge in [0.05, 0.1) is 5.56 Å². The second-order valence-corrected chi connectivity index (χ2v) is 10.5. The second kappa shape index (κ2) is 8.96. The molecule has 2 amide bonds. The van der Waals surface area contributed by atoms with Crippen molar-refractivity contribution >= 4 is 12.0 Å². The number of amides is 2. The van der Waals surface area contributed by atoms with E-state index in [0.717, 1.165) is 44.9 Å². The quantitative estimate of drug-likeness (QED) is 0.710. The van der Waals surface area contributed by atoms with Crippen molar-refractivity contribution in [2.75, 3.05) is 31.1 Å². The minimum atomic E-state index is -4.46. The summed E-state index contributed by atoms with van der Waals surface area (Å²) >= 11 is 0. The Hall–Kier alpha value is -2.88. The summed E-state index contributed by atoms with van der Waals surface area (Å²) in [6, 6.07) is 10.4. The molecule has 1 aromatic heterocycles. The third-order valence-electron chi connectivity index (χ3n) is 7.46. The molecule has 7 nitrogen and oxygen atoms in total. The van der Waals surface area contributed by atoms with Gasteiger partial charge in [0.15, 0.2) is 0 Å². The summed E-state index contributed by atoms with van der Waals surface area (Å²) in [7, 11) is 0. The van der Waals surface area contributed by atoms with Gasteiger partial charge in [-0.3, -0.25) is 4.90 Å². The molecule has 35 heavy (non-hydrogen) atoms. The Bertz CT molecular complexity index is 1020. The Morgan fingerprint density at radius 2 is 1.66 bits per heavy atom. The van der Waals surface area contributed by atoms with E-state index in [1.165, 1.54) is 5.56 Å². The number of rotatable bonds is 4. The van der Waals surface area contributed by atoms with E-state index in [2.05, 4.69) is 44.5 Å². The topological polar surface area (TPSA) is 64.6 Å². The number of alkyl halides is 3. The van der Waals surface area contributed by atoms with E-state index in [0.29, 0.717) is 18.5 Å². The molecule has 1 spiro atoms. The summed E-state index contributed by atoms with van der Waals surface area (Å²) in [5.74, 6) is 0.253. The highest BCUT2D eigenvalue weighted by molar-refractivity contribution is 5.76. The molecule has 1 N–H and O–H groups in total. The van der Waals surface area contributed by atoms with Crippen LogP contribution in [0.15, 0.2) is 42.7 Å². The van der Waals surface area contributed by atoms with Crippen LogP contribution in [0.25, 0.3) is 0 Å². The predicted molar refractivity (Wildman–Crippen MR) is 126 cm³/mol. The maximum atomic E-state index is 13.1. The number of nitrogens with one attached hydrogen (secondary N) is 1. The SMILES string of the molecule is C[C@@H]1CN(c2ncc(C(F)(F)F)cn2)C[C@H](C)N1C(=O)NC1CC2(C1)CN(Cc1ccccc1)C2. The van der Waals surface area contributed by atoms with Crippen LogP contribution in [0, 0.1) is 5.41 Å². The third-order valence-corrected chi connectivity index (χ3v) is 7.46. The fourth-order valence-corrected chi connectivity index (χ4v) is 5.97. The van der Waals surface area contributed by atoms with Crippen molar-refractivity contribution in [1.29, 1.82) is 0 Å². The molecule has 2 aromatic rings. The number of carbonyl (C=O) groups is 1. The first kappa shape index (κ1) is 23.8. The van der Waals surface area contributed by atoms with E-state index < -0.39 is 11.7 Å². The van der Waals surface area contributed by atoms with E-state index in [4.69, 9.17) is 0 Å². The van der Waals surface area contributed by atoms with Crippen molar-refractivity contribution in [3.63, 3.8) is 0 Å². The van der Waals surface area contributed by atoms with Gasteiger partial charge in [-0.2, -0.15) is 13.2 Å².